The lowest BCUT2D eigenvalue weighted by atomic mass is 9.84. The minimum absolute atomic E-state index is 0. The average Bonchev–Trinajstić information content (AvgIpc) is 3.23. The second kappa shape index (κ2) is 9.78. The predicted octanol–water partition coefficient (Wildman–Crippen LogP) is 4.14. The number of aliphatic imine (C=N–C) groups is 1. The summed E-state index contributed by atoms with van der Waals surface area (Å²) in [6, 6.07) is 6.14. The molecule has 0 amide bonds. The first-order valence-electron chi connectivity index (χ1n) is 9.24. The number of benzene rings is 1. The first-order valence-corrected chi connectivity index (χ1v) is 10.1. The van der Waals surface area contributed by atoms with Gasteiger partial charge in [-0.1, -0.05) is 19.9 Å². The highest BCUT2D eigenvalue weighted by Gasteiger charge is 2.24. The number of rotatable bonds is 6. The predicted molar refractivity (Wildman–Crippen MR) is 125 cm³/mol. The monoisotopic (exact) mass is 516 g/mol. The summed E-state index contributed by atoms with van der Waals surface area (Å²) in [5.74, 6) is 2.43. The molecule has 0 saturated heterocycles. The van der Waals surface area contributed by atoms with Crippen LogP contribution in [0.4, 0.5) is 0 Å². The van der Waals surface area contributed by atoms with E-state index in [0.717, 1.165) is 41.2 Å². The van der Waals surface area contributed by atoms with E-state index in [2.05, 4.69) is 55.4 Å². The second-order valence-electron chi connectivity index (χ2n) is 7.25. The van der Waals surface area contributed by atoms with E-state index >= 15 is 0 Å². The number of ether oxygens (including phenoxy) is 2. The van der Waals surface area contributed by atoms with Gasteiger partial charge in [-0.05, 0) is 38.5 Å². The Morgan fingerprint density at radius 2 is 1.96 bits per heavy atom. The van der Waals surface area contributed by atoms with Crippen LogP contribution in [0.5, 0.6) is 11.5 Å². The van der Waals surface area contributed by atoms with Crippen molar-refractivity contribution in [3.05, 3.63) is 39.3 Å². The normalized spacial score (nSPS) is 13.2. The number of hydrogen-bond acceptors (Lipinski definition) is 5. The van der Waals surface area contributed by atoms with Gasteiger partial charge in [-0.2, -0.15) is 0 Å². The van der Waals surface area contributed by atoms with Gasteiger partial charge in [-0.15, -0.1) is 35.3 Å². The summed E-state index contributed by atoms with van der Waals surface area (Å²) in [7, 11) is 0. The third-order valence-electron chi connectivity index (χ3n) is 4.64. The van der Waals surface area contributed by atoms with Gasteiger partial charge in [-0.3, -0.25) is 0 Å². The quantitative estimate of drug-likeness (QED) is 0.343. The minimum atomic E-state index is -0.0917. The van der Waals surface area contributed by atoms with E-state index in [9.17, 15) is 0 Å². The Kier molecular flexibility index (Phi) is 7.94. The van der Waals surface area contributed by atoms with Crippen LogP contribution in [0, 0.1) is 13.8 Å². The van der Waals surface area contributed by atoms with Gasteiger partial charge in [0.2, 0.25) is 6.79 Å². The zero-order valence-corrected chi connectivity index (χ0v) is 20.2. The van der Waals surface area contributed by atoms with Crippen LogP contribution in [0.3, 0.4) is 0 Å². The third kappa shape index (κ3) is 5.50. The Morgan fingerprint density at radius 1 is 1.21 bits per heavy atom. The topological polar surface area (TPSA) is 67.8 Å². The first-order chi connectivity index (χ1) is 12.9. The number of guanidine groups is 1. The van der Waals surface area contributed by atoms with Crippen LogP contribution < -0.4 is 20.1 Å². The van der Waals surface area contributed by atoms with Crippen molar-refractivity contribution in [2.45, 2.75) is 46.6 Å². The zero-order chi connectivity index (χ0) is 19.4. The number of hydrogen-bond donors (Lipinski definition) is 2. The lowest BCUT2D eigenvalue weighted by molar-refractivity contribution is 0.174. The molecule has 1 aliphatic heterocycles. The van der Waals surface area contributed by atoms with Gasteiger partial charge in [0.15, 0.2) is 17.5 Å². The van der Waals surface area contributed by atoms with Gasteiger partial charge < -0.3 is 20.1 Å². The van der Waals surface area contributed by atoms with E-state index in [-0.39, 0.29) is 29.4 Å². The lowest BCUT2D eigenvalue weighted by Gasteiger charge is -2.27. The van der Waals surface area contributed by atoms with E-state index < -0.39 is 0 Å². The van der Waals surface area contributed by atoms with Crippen molar-refractivity contribution in [2.24, 2.45) is 4.99 Å². The molecule has 0 bridgehead atoms. The van der Waals surface area contributed by atoms with Gasteiger partial charge in [0.25, 0.3) is 0 Å². The average molecular weight is 516 g/mol. The fourth-order valence-electron chi connectivity index (χ4n) is 2.82. The van der Waals surface area contributed by atoms with Crippen molar-refractivity contribution in [1.29, 1.82) is 0 Å². The van der Waals surface area contributed by atoms with Crippen LogP contribution in [0.25, 0.3) is 0 Å². The Morgan fingerprint density at radius 3 is 2.64 bits per heavy atom. The van der Waals surface area contributed by atoms with Crippen molar-refractivity contribution in [3.63, 3.8) is 0 Å². The largest absolute Gasteiger partial charge is 0.454 e. The van der Waals surface area contributed by atoms with Crippen molar-refractivity contribution in [2.75, 3.05) is 19.9 Å². The van der Waals surface area contributed by atoms with Crippen LogP contribution in [0.15, 0.2) is 23.2 Å². The summed E-state index contributed by atoms with van der Waals surface area (Å²) in [6.07, 6.45) is 0. The molecule has 0 saturated carbocycles. The number of nitrogens with one attached hydrogen (secondary N) is 2. The number of nitrogens with zero attached hydrogens (tertiary/aromatic N) is 2. The molecular weight excluding hydrogens is 487 g/mol. The Bertz CT molecular complexity index is 816. The van der Waals surface area contributed by atoms with Crippen molar-refractivity contribution in [1.82, 2.24) is 15.6 Å². The zero-order valence-electron chi connectivity index (χ0n) is 17.1. The molecule has 2 aromatic rings. The van der Waals surface area contributed by atoms with E-state index in [1.165, 1.54) is 10.4 Å². The number of fused-ring (bicyclic) bond motifs is 1. The first kappa shape index (κ1) is 22.7. The van der Waals surface area contributed by atoms with Crippen LogP contribution in [-0.2, 0) is 12.0 Å². The summed E-state index contributed by atoms with van der Waals surface area (Å²) in [5, 5.41) is 7.81. The maximum atomic E-state index is 5.51. The van der Waals surface area contributed by atoms with Crippen molar-refractivity contribution in [3.8, 4) is 11.5 Å². The highest BCUT2D eigenvalue weighted by molar-refractivity contribution is 14.0. The molecule has 1 aromatic heterocycles. The SMILES string of the molecule is CCNC(=NCc1nc(C)c(C)s1)NCC(C)(C)c1ccc2c(c1)OCO2.I. The minimum Gasteiger partial charge on any atom is -0.454 e. The van der Waals surface area contributed by atoms with Gasteiger partial charge in [0.05, 0.1) is 12.2 Å². The summed E-state index contributed by atoms with van der Waals surface area (Å²) < 4.78 is 10.9. The fourth-order valence-corrected chi connectivity index (χ4v) is 3.68. The standard InChI is InChI=1S/C20H28N4O2S.HI/c1-6-21-19(22-10-18-24-13(2)14(3)27-18)23-11-20(4,5)15-7-8-16-17(9-15)26-12-25-16;/h7-9H,6,10-12H2,1-5H3,(H2,21,22,23);1H. The molecule has 3 rings (SSSR count). The summed E-state index contributed by atoms with van der Waals surface area (Å²) in [5.41, 5.74) is 2.19. The van der Waals surface area contributed by atoms with E-state index in [1.54, 1.807) is 11.3 Å². The highest BCUT2D eigenvalue weighted by Crippen LogP contribution is 2.36. The molecule has 0 aliphatic carbocycles. The molecule has 0 unspecified atom stereocenters. The molecule has 2 heterocycles. The number of aryl methyl sites for hydroxylation is 2. The molecule has 0 fully saturated rings. The van der Waals surface area contributed by atoms with Crippen LogP contribution in [0.2, 0.25) is 0 Å². The highest BCUT2D eigenvalue weighted by atomic mass is 127. The Hall–Kier alpha value is -1.55. The van der Waals surface area contributed by atoms with Crippen LogP contribution in [-0.4, -0.2) is 30.8 Å². The van der Waals surface area contributed by atoms with Gasteiger partial charge >= 0.3 is 0 Å². The molecule has 8 heteroatoms. The molecule has 1 aromatic carbocycles. The second-order valence-corrected chi connectivity index (χ2v) is 8.54. The summed E-state index contributed by atoms with van der Waals surface area (Å²) in [4.78, 5) is 10.5. The number of aromatic nitrogens is 1. The maximum Gasteiger partial charge on any atom is 0.231 e. The lowest BCUT2D eigenvalue weighted by Crippen LogP contribution is -2.43. The molecule has 0 radical (unpaired) electrons. The van der Waals surface area contributed by atoms with Crippen LogP contribution >= 0.6 is 35.3 Å². The van der Waals surface area contributed by atoms with Gasteiger partial charge in [0, 0.05) is 23.4 Å². The van der Waals surface area contributed by atoms with Gasteiger partial charge in [-0.25, -0.2) is 9.98 Å². The fraction of sp³-hybridized carbons (Fsp3) is 0.500. The molecule has 154 valence electrons. The molecule has 0 spiro atoms. The molecule has 0 atom stereocenters. The molecular formula is C20H29IN4O2S. The van der Waals surface area contributed by atoms with Crippen LogP contribution in [0.1, 0.15) is 41.9 Å². The summed E-state index contributed by atoms with van der Waals surface area (Å²) in [6.45, 7) is 13.0. The molecule has 2 N–H and O–H groups in total. The maximum absolute atomic E-state index is 5.51. The number of thiazole rings is 1. The van der Waals surface area contributed by atoms with Crippen molar-refractivity contribution >= 4 is 41.3 Å². The Balaban J connectivity index is 0.00000280. The summed E-state index contributed by atoms with van der Waals surface area (Å²) >= 11 is 1.71. The van der Waals surface area contributed by atoms with E-state index in [1.807, 2.05) is 13.0 Å². The van der Waals surface area contributed by atoms with Crippen molar-refractivity contribution < 1.29 is 9.47 Å². The van der Waals surface area contributed by atoms with Gasteiger partial charge in [0.1, 0.15) is 5.01 Å². The molecule has 6 nitrogen and oxygen atoms in total. The third-order valence-corrected chi connectivity index (χ3v) is 5.70. The smallest absolute Gasteiger partial charge is 0.231 e. The van der Waals surface area contributed by atoms with E-state index in [4.69, 9.17) is 14.5 Å². The molecule has 1 aliphatic rings. The Labute approximate surface area is 188 Å². The van der Waals surface area contributed by atoms with E-state index in [0.29, 0.717) is 13.3 Å². The molecule has 28 heavy (non-hydrogen) atoms. The number of halogens is 1.